The third-order valence-corrected chi connectivity index (χ3v) is 7.26. The Bertz CT molecular complexity index is 1280. The lowest BCUT2D eigenvalue weighted by atomic mass is 9.68. The number of ether oxygens (including phenoxy) is 1. The van der Waals surface area contributed by atoms with Gasteiger partial charge in [0.25, 0.3) is 0 Å². The number of carbonyl (C=O) groups excluding carboxylic acids is 1. The van der Waals surface area contributed by atoms with Gasteiger partial charge in [-0.3, -0.25) is 4.79 Å². The van der Waals surface area contributed by atoms with Crippen molar-refractivity contribution in [3.05, 3.63) is 131 Å². The largest absolute Gasteiger partial charge is 0.457 e. The molecule has 3 heteroatoms. The zero-order valence-corrected chi connectivity index (χ0v) is 21.0. The standard InChI is InChI=1S/C33H33NO2/c1-24(2)27-20-18-26(19-21-27)23-34-32(35)33(22-10-13-25-11-4-3-5-12-25)28-14-6-8-16-30(28)36-31-17-9-7-15-29(31)33/h3-9,11-12,14-21,24H,10,13,22-23H2,1-2H3,(H,34,35). The summed E-state index contributed by atoms with van der Waals surface area (Å²) in [6.07, 6.45) is 2.48. The van der Waals surface area contributed by atoms with Gasteiger partial charge in [-0.15, -0.1) is 0 Å². The Hall–Kier alpha value is -3.85. The van der Waals surface area contributed by atoms with E-state index in [1.165, 1.54) is 11.1 Å². The Morgan fingerprint density at radius 3 is 1.94 bits per heavy atom. The smallest absolute Gasteiger partial charge is 0.235 e. The number of aryl methyl sites for hydroxylation is 1. The molecular weight excluding hydrogens is 442 g/mol. The first kappa shape index (κ1) is 23.9. The van der Waals surface area contributed by atoms with Crippen molar-refractivity contribution in [1.82, 2.24) is 5.32 Å². The van der Waals surface area contributed by atoms with Crippen LogP contribution in [0.25, 0.3) is 0 Å². The summed E-state index contributed by atoms with van der Waals surface area (Å²) in [7, 11) is 0. The minimum atomic E-state index is -0.821. The van der Waals surface area contributed by atoms with Gasteiger partial charge < -0.3 is 10.1 Å². The minimum absolute atomic E-state index is 0.0201. The van der Waals surface area contributed by atoms with Crippen molar-refractivity contribution in [3.63, 3.8) is 0 Å². The highest BCUT2D eigenvalue weighted by Gasteiger charge is 2.47. The van der Waals surface area contributed by atoms with Crippen LogP contribution in [0.5, 0.6) is 11.5 Å². The molecule has 0 radical (unpaired) electrons. The van der Waals surface area contributed by atoms with Gasteiger partial charge in [0.05, 0.1) is 0 Å². The number of para-hydroxylation sites is 2. The first-order valence-corrected chi connectivity index (χ1v) is 12.9. The van der Waals surface area contributed by atoms with Crippen LogP contribution in [-0.2, 0) is 23.2 Å². The monoisotopic (exact) mass is 475 g/mol. The van der Waals surface area contributed by atoms with Gasteiger partial charge in [0.15, 0.2) is 0 Å². The Morgan fingerprint density at radius 1 is 0.750 bits per heavy atom. The van der Waals surface area contributed by atoms with E-state index in [0.717, 1.165) is 41.0 Å². The van der Waals surface area contributed by atoms with Crippen LogP contribution >= 0.6 is 0 Å². The normalized spacial score (nSPS) is 13.4. The summed E-state index contributed by atoms with van der Waals surface area (Å²) >= 11 is 0. The first-order valence-electron chi connectivity index (χ1n) is 12.9. The minimum Gasteiger partial charge on any atom is -0.457 e. The number of amides is 1. The van der Waals surface area contributed by atoms with E-state index in [9.17, 15) is 4.79 Å². The molecule has 1 aliphatic rings. The van der Waals surface area contributed by atoms with Crippen LogP contribution in [0.2, 0.25) is 0 Å². The van der Waals surface area contributed by atoms with Crippen LogP contribution in [0.15, 0.2) is 103 Å². The fourth-order valence-corrected chi connectivity index (χ4v) is 5.26. The van der Waals surface area contributed by atoms with Gasteiger partial charge in [-0.25, -0.2) is 0 Å². The molecule has 0 saturated carbocycles. The van der Waals surface area contributed by atoms with Gasteiger partial charge in [0.1, 0.15) is 16.9 Å². The van der Waals surface area contributed by atoms with Gasteiger partial charge in [0, 0.05) is 17.7 Å². The highest BCUT2D eigenvalue weighted by atomic mass is 16.5. The topological polar surface area (TPSA) is 38.3 Å². The predicted molar refractivity (Wildman–Crippen MR) is 145 cm³/mol. The summed E-state index contributed by atoms with van der Waals surface area (Å²) in [6.45, 7) is 4.87. The summed E-state index contributed by atoms with van der Waals surface area (Å²) in [4.78, 5) is 14.3. The quantitative estimate of drug-likeness (QED) is 0.286. The molecule has 4 aromatic carbocycles. The number of hydrogen-bond acceptors (Lipinski definition) is 2. The Kier molecular flexibility index (Phi) is 6.90. The lowest BCUT2D eigenvalue weighted by molar-refractivity contribution is -0.126. The van der Waals surface area contributed by atoms with Crippen LogP contribution in [0.4, 0.5) is 0 Å². The Labute approximate surface area is 214 Å². The molecule has 1 N–H and O–H groups in total. The molecule has 4 aromatic rings. The maximum Gasteiger partial charge on any atom is 0.235 e. The highest BCUT2D eigenvalue weighted by molar-refractivity contribution is 5.94. The number of nitrogens with one attached hydrogen (secondary N) is 1. The molecule has 5 rings (SSSR count). The molecule has 0 unspecified atom stereocenters. The average molecular weight is 476 g/mol. The van der Waals surface area contributed by atoms with E-state index >= 15 is 0 Å². The first-order chi connectivity index (χ1) is 17.6. The molecule has 0 aromatic heterocycles. The fourth-order valence-electron chi connectivity index (χ4n) is 5.26. The summed E-state index contributed by atoms with van der Waals surface area (Å²) in [5, 5.41) is 3.29. The highest BCUT2D eigenvalue weighted by Crippen LogP contribution is 2.50. The van der Waals surface area contributed by atoms with E-state index in [0.29, 0.717) is 18.9 Å². The molecule has 0 spiro atoms. The summed E-state index contributed by atoms with van der Waals surface area (Å²) in [5.41, 5.74) is 4.73. The van der Waals surface area contributed by atoms with Crippen molar-refractivity contribution >= 4 is 5.91 Å². The zero-order valence-electron chi connectivity index (χ0n) is 21.0. The molecule has 3 nitrogen and oxygen atoms in total. The summed E-state index contributed by atoms with van der Waals surface area (Å²) in [5.74, 6) is 2.02. The predicted octanol–water partition coefficient (Wildman–Crippen LogP) is 7.54. The molecule has 1 aliphatic heterocycles. The molecule has 1 heterocycles. The van der Waals surface area contributed by atoms with Crippen molar-refractivity contribution in [3.8, 4) is 11.5 Å². The number of fused-ring (bicyclic) bond motifs is 2. The average Bonchev–Trinajstić information content (AvgIpc) is 2.92. The van der Waals surface area contributed by atoms with Crippen molar-refractivity contribution in [2.24, 2.45) is 0 Å². The number of carbonyl (C=O) groups is 1. The third kappa shape index (κ3) is 4.66. The SMILES string of the molecule is CC(C)c1ccc(CNC(=O)C2(CCCc3ccccc3)c3ccccc3Oc3ccccc32)cc1. The summed E-state index contributed by atoms with van der Waals surface area (Å²) in [6, 6.07) is 35.0. The Balaban J connectivity index is 1.48. The number of rotatable bonds is 8. The molecule has 0 atom stereocenters. The van der Waals surface area contributed by atoms with Gasteiger partial charge in [-0.05, 0) is 54.0 Å². The van der Waals surface area contributed by atoms with Crippen LogP contribution in [0.3, 0.4) is 0 Å². The van der Waals surface area contributed by atoms with Gasteiger partial charge in [0.2, 0.25) is 5.91 Å². The van der Waals surface area contributed by atoms with Crippen molar-refractivity contribution in [2.75, 3.05) is 0 Å². The van der Waals surface area contributed by atoms with E-state index < -0.39 is 5.41 Å². The fraction of sp³-hybridized carbons (Fsp3) is 0.242. The second kappa shape index (κ2) is 10.4. The molecule has 36 heavy (non-hydrogen) atoms. The van der Waals surface area contributed by atoms with Crippen LogP contribution in [-0.4, -0.2) is 5.91 Å². The second-order valence-electron chi connectivity index (χ2n) is 9.92. The third-order valence-electron chi connectivity index (χ3n) is 7.26. The molecule has 182 valence electrons. The Morgan fingerprint density at radius 2 is 1.33 bits per heavy atom. The van der Waals surface area contributed by atoms with Crippen LogP contribution in [0, 0.1) is 0 Å². The van der Waals surface area contributed by atoms with E-state index in [1.807, 2.05) is 54.6 Å². The van der Waals surface area contributed by atoms with Gasteiger partial charge in [-0.1, -0.05) is 105 Å². The molecule has 0 saturated heterocycles. The van der Waals surface area contributed by atoms with Crippen molar-refractivity contribution < 1.29 is 9.53 Å². The molecular formula is C33H33NO2. The lowest BCUT2D eigenvalue weighted by Crippen LogP contribution is -2.46. The van der Waals surface area contributed by atoms with Gasteiger partial charge in [-0.2, -0.15) is 0 Å². The van der Waals surface area contributed by atoms with Gasteiger partial charge >= 0.3 is 0 Å². The van der Waals surface area contributed by atoms with E-state index in [2.05, 4.69) is 67.7 Å². The van der Waals surface area contributed by atoms with Crippen molar-refractivity contribution in [2.45, 2.75) is 51.0 Å². The molecule has 1 amide bonds. The zero-order chi connectivity index (χ0) is 25.0. The van der Waals surface area contributed by atoms with E-state index in [-0.39, 0.29) is 5.91 Å². The van der Waals surface area contributed by atoms with Crippen molar-refractivity contribution in [1.29, 1.82) is 0 Å². The maximum atomic E-state index is 14.3. The van der Waals surface area contributed by atoms with E-state index in [4.69, 9.17) is 4.74 Å². The maximum absolute atomic E-state index is 14.3. The number of benzene rings is 4. The molecule has 0 aliphatic carbocycles. The van der Waals surface area contributed by atoms with E-state index in [1.54, 1.807) is 0 Å². The summed E-state index contributed by atoms with van der Waals surface area (Å²) < 4.78 is 6.27. The number of hydrogen-bond donors (Lipinski definition) is 1. The lowest BCUT2D eigenvalue weighted by Gasteiger charge is -2.39. The van der Waals surface area contributed by atoms with Crippen LogP contribution < -0.4 is 10.1 Å². The molecule has 0 fully saturated rings. The molecule has 0 bridgehead atoms. The second-order valence-corrected chi connectivity index (χ2v) is 9.92. The van der Waals surface area contributed by atoms with Crippen LogP contribution in [0.1, 0.15) is 60.4 Å².